The lowest BCUT2D eigenvalue weighted by Crippen LogP contribution is -2.36. The molecule has 2 heterocycles. The summed E-state index contributed by atoms with van der Waals surface area (Å²) in [5.41, 5.74) is 6.00. The van der Waals surface area contributed by atoms with Gasteiger partial charge in [-0.05, 0) is 73.7 Å². The molecule has 6 aromatic rings. The summed E-state index contributed by atoms with van der Waals surface area (Å²) in [6, 6.07) is 32.4. The van der Waals surface area contributed by atoms with Gasteiger partial charge in [0.05, 0.1) is 23.9 Å². The summed E-state index contributed by atoms with van der Waals surface area (Å²) in [7, 11) is 0. The fourth-order valence-electron chi connectivity index (χ4n) is 8.92. The van der Waals surface area contributed by atoms with E-state index in [9.17, 15) is 19.2 Å². The molecule has 0 radical (unpaired) electrons. The second kappa shape index (κ2) is 20.1. The van der Waals surface area contributed by atoms with Crippen LogP contribution in [0.5, 0.6) is 0 Å². The third-order valence-corrected chi connectivity index (χ3v) is 12.1. The van der Waals surface area contributed by atoms with Gasteiger partial charge >= 0.3 is 11.9 Å². The third-order valence-electron chi connectivity index (χ3n) is 12.1. The number of aryl methyl sites for hydroxylation is 1. The average Bonchev–Trinajstić information content (AvgIpc) is 3.80. The first-order valence-electron chi connectivity index (χ1n) is 22.5. The Morgan fingerprint density at radius 2 is 1.53 bits per heavy atom. The second-order valence-corrected chi connectivity index (χ2v) is 17.3. The number of ether oxygens (including phenoxy) is 2. The van der Waals surface area contributed by atoms with Crippen LogP contribution in [0.25, 0.3) is 32.6 Å². The molecule has 64 heavy (non-hydrogen) atoms. The number of carbonyl (C=O) groups is 4. The highest BCUT2D eigenvalue weighted by Gasteiger charge is 2.33. The van der Waals surface area contributed by atoms with Gasteiger partial charge in [0, 0.05) is 72.1 Å². The molecule has 0 N–H and O–H groups in total. The first-order valence-corrected chi connectivity index (χ1v) is 22.5. The van der Waals surface area contributed by atoms with E-state index in [2.05, 4.69) is 35.7 Å². The Hall–Kier alpha value is -6.17. The number of benzene rings is 5. The van der Waals surface area contributed by atoms with E-state index in [4.69, 9.17) is 19.1 Å². The van der Waals surface area contributed by atoms with Gasteiger partial charge in [0.1, 0.15) is 6.04 Å². The van der Waals surface area contributed by atoms with E-state index in [0.29, 0.717) is 40.5 Å². The van der Waals surface area contributed by atoms with Crippen LogP contribution in [0.3, 0.4) is 0 Å². The molecule has 11 nitrogen and oxygen atoms in total. The highest BCUT2D eigenvalue weighted by Crippen LogP contribution is 2.39. The number of carbonyl (C=O) groups excluding carboxylic acids is 4. The average molecular weight is 866 g/mol. The van der Waals surface area contributed by atoms with Crippen LogP contribution in [0, 0.1) is 5.92 Å². The van der Waals surface area contributed by atoms with Crippen molar-refractivity contribution in [2.75, 3.05) is 6.61 Å². The fraction of sp³-hybridized carbons (Fsp3) is 0.377. The Bertz CT molecular complexity index is 2680. The van der Waals surface area contributed by atoms with Crippen LogP contribution < -0.4 is 0 Å². The Morgan fingerprint density at radius 1 is 0.828 bits per heavy atom. The third kappa shape index (κ3) is 10.4. The molecular formula is C53H59N3O8. The molecule has 334 valence electrons. The number of rotatable bonds is 17. The minimum Gasteiger partial charge on any atom is -0.348 e. The molecule has 0 spiro atoms. The smallest absolute Gasteiger partial charge is 0.331 e. The molecule has 1 aliphatic heterocycles. The number of hydrogen-bond acceptors (Lipinski definition) is 9. The van der Waals surface area contributed by atoms with Crippen molar-refractivity contribution in [3.8, 4) is 0 Å². The molecule has 11 heteroatoms. The van der Waals surface area contributed by atoms with Crippen molar-refractivity contribution in [1.29, 1.82) is 0 Å². The van der Waals surface area contributed by atoms with Crippen molar-refractivity contribution in [3.63, 3.8) is 0 Å². The van der Waals surface area contributed by atoms with E-state index in [-0.39, 0.29) is 18.3 Å². The summed E-state index contributed by atoms with van der Waals surface area (Å²) in [6.07, 6.45) is 6.02. The van der Waals surface area contributed by atoms with Crippen molar-refractivity contribution in [3.05, 3.63) is 131 Å². The zero-order chi connectivity index (χ0) is 45.5. The van der Waals surface area contributed by atoms with E-state index in [1.54, 1.807) is 0 Å². The first kappa shape index (κ1) is 45.8. The number of fused-ring (bicyclic) bond motifs is 5. The summed E-state index contributed by atoms with van der Waals surface area (Å²) in [4.78, 5) is 63.2. The number of ketones is 1. The molecule has 5 aromatic carbocycles. The Labute approximate surface area is 375 Å². The van der Waals surface area contributed by atoms with Gasteiger partial charge in [-0.1, -0.05) is 123 Å². The van der Waals surface area contributed by atoms with Crippen molar-refractivity contribution < 1.29 is 38.3 Å². The van der Waals surface area contributed by atoms with Crippen LogP contribution in [-0.4, -0.2) is 57.5 Å². The topological polar surface area (TPSA) is 126 Å². The molecule has 7 rings (SSSR count). The minimum atomic E-state index is -0.811. The molecule has 1 amide bonds. The van der Waals surface area contributed by atoms with Crippen LogP contribution in [0.4, 0.5) is 0 Å². The number of hydroxylamine groups is 2. The summed E-state index contributed by atoms with van der Waals surface area (Å²) in [5.74, 6) is -1.99. The lowest BCUT2D eigenvalue weighted by Gasteiger charge is -2.29. The van der Waals surface area contributed by atoms with E-state index >= 15 is 0 Å². The van der Waals surface area contributed by atoms with Gasteiger partial charge in [-0.3, -0.25) is 14.4 Å². The summed E-state index contributed by atoms with van der Waals surface area (Å²) in [6.45, 7) is 13.5. The molecule has 1 aliphatic rings. The first-order chi connectivity index (χ1) is 30.8. The zero-order valence-electron chi connectivity index (χ0n) is 38.0. The molecule has 0 aliphatic carbocycles. The van der Waals surface area contributed by atoms with E-state index < -0.39 is 29.7 Å². The van der Waals surface area contributed by atoms with E-state index in [0.717, 1.165) is 88.3 Å². The molecule has 0 saturated carbocycles. The standard InChI is InChI=1S/C53H59N3O8/c1-8-10-16-37(9-2)32-55-49-28-26-41(48(54-63-35(4)58)31-50(39-17-12-11-13-18-39)56(34(3)57)64-36(5)59)29-45(49)46-30-47(43-19-14-15-20-44(43)51(46)55)52(60)40-24-21-38(22-25-40)23-27-42-33-61-53(6,7)62-42/h11-15,17-22,24-26,28-30,37,42,50H,8-10,16,23,27,31-33H2,1-7H3/b54-48-. The molecule has 1 saturated heterocycles. The van der Waals surface area contributed by atoms with Gasteiger partial charge in [0.2, 0.25) is 0 Å². The molecule has 0 bridgehead atoms. The number of hydrogen-bond donors (Lipinski definition) is 0. The monoisotopic (exact) mass is 865 g/mol. The van der Waals surface area contributed by atoms with Crippen molar-refractivity contribution >= 4 is 61.9 Å². The maximum absolute atomic E-state index is 14.7. The van der Waals surface area contributed by atoms with Crippen LogP contribution in [0.2, 0.25) is 0 Å². The number of oxime groups is 1. The van der Waals surface area contributed by atoms with Gasteiger partial charge in [-0.15, -0.1) is 0 Å². The SMILES string of the molecule is CCCCC(CC)Cn1c2ccc(/C(CC(c3ccccc3)N(OC(C)=O)C(C)=O)=N\OC(C)=O)cc2c2cc(C(=O)c3ccc(CCC4COC(C)(C)O4)cc3)c3ccccc3c21. The number of amides is 1. The van der Waals surface area contributed by atoms with Gasteiger partial charge in [-0.2, -0.15) is 5.06 Å². The van der Waals surface area contributed by atoms with Crippen LogP contribution >= 0.6 is 0 Å². The molecule has 1 aromatic heterocycles. The summed E-state index contributed by atoms with van der Waals surface area (Å²) < 4.78 is 14.2. The minimum absolute atomic E-state index is 0.0292. The van der Waals surface area contributed by atoms with Crippen LogP contribution in [-0.2, 0) is 46.5 Å². The number of unbranched alkanes of at least 4 members (excludes halogenated alkanes) is 1. The van der Waals surface area contributed by atoms with Crippen molar-refractivity contribution in [1.82, 2.24) is 9.63 Å². The Kier molecular flexibility index (Phi) is 14.4. The maximum atomic E-state index is 14.7. The normalized spacial score (nSPS) is 15.9. The predicted octanol–water partition coefficient (Wildman–Crippen LogP) is 11.2. The number of aromatic nitrogens is 1. The fourth-order valence-corrected chi connectivity index (χ4v) is 8.92. The molecule has 3 atom stereocenters. The van der Waals surface area contributed by atoms with Crippen molar-refractivity contribution in [2.45, 2.75) is 118 Å². The van der Waals surface area contributed by atoms with Crippen LogP contribution in [0.15, 0.2) is 108 Å². The van der Waals surface area contributed by atoms with Gasteiger partial charge in [-0.25, -0.2) is 4.79 Å². The molecule has 1 fully saturated rings. The van der Waals surface area contributed by atoms with E-state index in [1.165, 1.54) is 20.8 Å². The summed E-state index contributed by atoms with van der Waals surface area (Å²) in [5, 5.41) is 9.05. The van der Waals surface area contributed by atoms with Gasteiger partial charge in [0.15, 0.2) is 11.6 Å². The van der Waals surface area contributed by atoms with Crippen molar-refractivity contribution in [2.24, 2.45) is 11.1 Å². The zero-order valence-corrected chi connectivity index (χ0v) is 38.0. The van der Waals surface area contributed by atoms with Gasteiger partial charge in [0.25, 0.3) is 5.91 Å². The highest BCUT2D eigenvalue weighted by atomic mass is 16.7. The van der Waals surface area contributed by atoms with Gasteiger partial charge < -0.3 is 23.7 Å². The molecular weight excluding hydrogens is 807 g/mol. The Balaban J connectivity index is 1.36. The lowest BCUT2D eigenvalue weighted by atomic mass is 9.93. The highest BCUT2D eigenvalue weighted by molar-refractivity contribution is 6.26. The Morgan fingerprint density at radius 3 is 2.17 bits per heavy atom. The van der Waals surface area contributed by atoms with Crippen LogP contribution in [0.1, 0.15) is 126 Å². The maximum Gasteiger partial charge on any atom is 0.331 e. The largest absolute Gasteiger partial charge is 0.348 e. The quantitative estimate of drug-likeness (QED) is 0.0384. The predicted molar refractivity (Wildman–Crippen MR) is 250 cm³/mol. The van der Waals surface area contributed by atoms with E-state index in [1.807, 2.05) is 105 Å². The summed E-state index contributed by atoms with van der Waals surface area (Å²) >= 11 is 0. The number of nitrogens with zero attached hydrogens (tertiary/aromatic N) is 3. The second-order valence-electron chi connectivity index (χ2n) is 17.3. The lowest BCUT2D eigenvalue weighted by molar-refractivity contribution is -0.204. The molecule has 3 unspecified atom stereocenters.